The van der Waals surface area contributed by atoms with Gasteiger partial charge in [-0.25, -0.2) is 9.78 Å². The summed E-state index contributed by atoms with van der Waals surface area (Å²) in [6, 6.07) is 3.67. The molecule has 1 amide bonds. The van der Waals surface area contributed by atoms with Crippen molar-refractivity contribution in [2.45, 2.75) is 6.92 Å². The number of hydrogen-bond acceptors (Lipinski definition) is 7. The number of aromatic nitrogens is 1. The lowest BCUT2D eigenvalue weighted by molar-refractivity contribution is -0.380. The Balaban J connectivity index is 2.24. The van der Waals surface area contributed by atoms with Gasteiger partial charge in [0.15, 0.2) is 5.13 Å². The number of benzene rings is 1. The van der Waals surface area contributed by atoms with Gasteiger partial charge in [-0.3, -0.25) is 20.2 Å². The molecule has 0 radical (unpaired) electrons. The van der Waals surface area contributed by atoms with Gasteiger partial charge in [-0.05, 0) is 36.5 Å². The molecule has 0 spiro atoms. The number of nitro groups is 1. The number of nitrogen functional groups attached to an aromatic ring is 1. The molecule has 0 saturated heterocycles. The zero-order chi connectivity index (χ0) is 16.4. The maximum Gasteiger partial charge on any atom is 0.348 e. The standard InChI is InChI=1S/C12H10N4O5S/c1-5-10(16(20)21)22-12(14-5)15-9(17)7-3-2-6(11(18)19)4-8(7)13/h2-4H,13H2,1H3,(H,18,19)(H,14,15,17). The van der Waals surface area contributed by atoms with Crippen molar-refractivity contribution in [1.29, 1.82) is 0 Å². The lowest BCUT2D eigenvalue weighted by atomic mass is 10.1. The van der Waals surface area contributed by atoms with Crippen LogP contribution in [0.1, 0.15) is 26.4 Å². The number of thiazole rings is 1. The van der Waals surface area contributed by atoms with E-state index in [-0.39, 0.29) is 32.6 Å². The van der Waals surface area contributed by atoms with Crippen molar-refractivity contribution in [3.05, 3.63) is 45.1 Å². The third-order valence-corrected chi connectivity index (χ3v) is 3.73. The highest BCUT2D eigenvalue weighted by molar-refractivity contribution is 7.19. The Kier molecular flexibility index (Phi) is 4.04. The molecule has 4 N–H and O–H groups in total. The zero-order valence-electron chi connectivity index (χ0n) is 11.2. The summed E-state index contributed by atoms with van der Waals surface area (Å²) in [7, 11) is 0. The molecule has 0 aliphatic rings. The maximum atomic E-state index is 12.1. The SMILES string of the molecule is Cc1nc(NC(=O)c2ccc(C(=O)O)cc2N)sc1[N+](=O)[O-]. The summed E-state index contributed by atoms with van der Waals surface area (Å²) in [6.45, 7) is 1.46. The summed E-state index contributed by atoms with van der Waals surface area (Å²) in [5, 5.41) is 21.9. The van der Waals surface area contributed by atoms with Gasteiger partial charge in [0.25, 0.3) is 5.91 Å². The Morgan fingerprint density at radius 2 is 2.14 bits per heavy atom. The smallest absolute Gasteiger partial charge is 0.348 e. The highest BCUT2D eigenvalue weighted by atomic mass is 32.1. The van der Waals surface area contributed by atoms with Crippen LogP contribution in [-0.4, -0.2) is 26.9 Å². The van der Waals surface area contributed by atoms with Crippen LogP contribution in [0.4, 0.5) is 15.8 Å². The molecule has 0 unspecified atom stereocenters. The molecule has 9 nitrogen and oxygen atoms in total. The second-order valence-corrected chi connectivity index (χ2v) is 5.21. The predicted molar refractivity (Wildman–Crippen MR) is 79.3 cm³/mol. The Bertz CT molecular complexity index is 786. The summed E-state index contributed by atoms with van der Waals surface area (Å²) >= 11 is 0.727. The number of anilines is 2. The van der Waals surface area contributed by atoms with E-state index in [1.165, 1.54) is 19.1 Å². The van der Waals surface area contributed by atoms with Gasteiger partial charge in [-0.1, -0.05) is 0 Å². The van der Waals surface area contributed by atoms with Gasteiger partial charge in [-0.2, -0.15) is 0 Å². The number of carbonyl (C=O) groups is 2. The van der Waals surface area contributed by atoms with E-state index in [1.54, 1.807) is 0 Å². The van der Waals surface area contributed by atoms with E-state index in [0.29, 0.717) is 0 Å². The molecule has 0 aliphatic carbocycles. The molecule has 0 saturated carbocycles. The highest BCUT2D eigenvalue weighted by Crippen LogP contribution is 2.30. The van der Waals surface area contributed by atoms with Crippen LogP contribution in [0.25, 0.3) is 0 Å². The van der Waals surface area contributed by atoms with Gasteiger partial charge in [0, 0.05) is 5.69 Å². The molecule has 114 valence electrons. The minimum absolute atomic E-state index is 0.0137. The molecule has 0 aliphatic heterocycles. The summed E-state index contributed by atoms with van der Waals surface area (Å²) < 4.78 is 0. The minimum atomic E-state index is -1.16. The predicted octanol–water partition coefficient (Wildman–Crippen LogP) is 1.89. The first-order valence-corrected chi connectivity index (χ1v) is 6.67. The summed E-state index contributed by atoms with van der Waals surface area (Å²) in [6.07, 6.45) is 0. The Labute approximate surface area is 127 Å². The molecule has 1 heterocycles. The summed E-state index contributed by atoms with van der Waals surface area (Å²) in [5.41, 5.74) is 5.84. The van der Waals surface area contributed by atoms with Crippen LogP contribution in [0.3, 0.4) is 0 Å². The quantitative estimate of drug-likeness (QED) is 0.442. The molecule has 0 fully saturated rings. The van der Waals surface area contributed by atoms with Crippen molar-refractivity contribution in [2.24, 2.45) is 0 Å². The number of nitrogens with two attached hydrogens (primary N) is 1. The highest BCUT2D eigenvalue weighted by Gasteiger charge is 2.20. The normalized spacial score (nSPS) is 10.2. The van der Waals surface area contributed by atoms with E-state index < -0.39 is 16.8 Å². The molecule has 10 heteroatoms. The van der Waals surface area contributed by atoms with E-state index >= 15 is 0 Å². The Hall–Kier alpha value is -3.01. The number of aromatic carboxylic acids is 1. The van der Waals surface area contributed by atoms with Crippen LogP contribution in [0, 0.1) is 17.0 Å². The van der Waals surface area contributed by atoms with Crippen LogP contribution >= 0.6 is 11.3 Å². The molecule has 2 aromatic rings. The van der Waals surface area contributed by atoms with Crippen LogP contribution < -0.4 is 11.1 Å². The molecule has 0 atom stereocenters. The summed E-state index contributed by atoms with van der Waals surface area (Å²) in [5.74, 6) is -1.79. The largest absolute Gasteiger partial charge is 0.478 e. The van der Waals surface area contributed by atoms with Crippen molar-refractivity contribution >= 4 is 39.0 Å². The summed E-state index contributed by atoms with van der Waals surface area (Å²) in [4.78, 5) is 36.9. The van der Waals surface area contributed by atoms with E-state index in [9.17, 15) is 19.7 Å². The number of amides is 1. The first kappa shape index (κ1) is 15.4. The molecule has 0 bridgehead atoms. The van der Waals surface area contributed by atoms with Gasteiger partial charge in [-0.15, -0.1) is 0 Å². The number of nitrogens with one attached hydrogen (secondary N) is 1. The average molecular weight is 322 g/mol. The van der Waals surface area contributed by atoms with Crippen LogP contribution in [0.15, 0.2) is 18.2 Å². The molecular formula is C12H10N4O5S. The van der Waals surface area contributed by atoms with Crippen LogP contribution in [0.5, 0.6) is 0 Å². The zero-order valence-corrected chi connectivity index (χ0v) is 12.0. The van der Waals surface area contributed by atoms with E-state index in [1.807, 2.05) is 0 Å². The van der Waals surface area contributed by atoms with Crippen LogP contribution in [0.2, 0.25) is 0 Å². The lowest BCUT2D eigenvalue weighted by Crippen LogP contribution is -2.14. The number of carbonyl (C=O) groups excluding carboxylic acids is 1. The second kappa shape index (κ2) is 5.77. The molecular weight excluding hydrogens is 312 g/mol. The van der Waals surface area contributed by atoms with Gasteiger partial charge >= 0.3 is 11.0 Å². The molecule has 1 aromatic carbocycles. The Morgan fingerprint density at radius 3 is 2.64 bits per heavy atom. The first-order valence-electron chi connectivity index (χ1n) is 5.85. The van der Waals surface area contributed by atoms with Crippen molar-refractivity contribution < 1.29 is 19.6 Å². The van der Waals surface area contributed by atoms with Crippen LogP contribution in [-0.2, 0) is 0 Å². The fourth-order valence-corrected chi connectivity index (χ4v) is 2.46. The number of carboxylic acids is 1. The van der Waals surface area contributed by atoms with E-state index in [2.05, 4.69) is 10.3 Å². The van der Waals surface area contributed by atoms with E-state index in [4.69, 9.17) is 10.8 Å². The Morgan fingerprint density at radius 1 is 1.45 bits per heavy atom. The van der Waals surface area contributed by atoms with Gasteiger partial charge in [0.05, 0.1) is 16.1 Å². The molecule has 22 heavy (non-hydrogen) atoms. The minimum Gasteiger partial charge on any atom is -0.478 e. The fourth-order valence-electron chi connectivity index (χ4n) is 1.68. The van der Waals surface area contributed by atoms with Crippen molar-refractivity contribution in [1.82, 2.24) is 4.98 Å². The number of aryl methyl sites for hydroxylation is 1. The molecule has 1 aromatic heterocycles. The number of rotatable bonds is 4. The van der Waals surface area contributed by atoms with Gasteiger partial charge in [0.2, 0.25) is 0 Å². The lowest BCUT2D eigenvalue weighted by Gasteiger charge is -2.05. The topological polar surface area (TPSA) is 148 Å². The van der Waals surface area contributed by atoms with Crippen molar-refractivity contribution in [3.63, 3.8) is 0 Å². The maximum absolute atomic E-state index is 12.1. The number of carboxylic acid groups (broad SMARTS) is 1. The van der Waals surface area contributed by atoms with Gasteiger partial charge in [0.1, 0.15) is 5.69 Å². The average Bonchev–Trinajstić information content (AvgIpc) is 2.79. The van der Waals surface area contributed by atoms with Crippen molar-refractivity contribution in [2.75, 3.05) is 11.1 Å². The third kappa shape index (κ3) is 3.01. The fraction of sp³-hybridized carbons (Fsp3) is 0.0833. The first-order chi connectivity index (χ1) is 10.3. The van der Waals surface area contributed by atoms with Gasteiger partial charge < -0.3 is 10.8 Å². The monoisotopic (exact) mass is 322 g/mol. The number of hydrogen-bond donors (Lipinski definition) is 3. The van der Waals surface area contributed by atoms with Crippen molar-refractivity contribution in [3.8, 4) is 0 Å². The van der Waals surface area contributed by atoms with E-state index in [0.717, 1.165) is 17.4 Å². The number of nitrogens with zero attached hydrogens (tertiary/aromatic N) is 2. The second-order valence-electron chi connectivity index (χ2n) is 4.23. The molecule has 2 rings (SSSR count). The third-order valence-electron chi connectivity index (χ3n) is 2.70.